The Balaban J connectivity index is 1.71. The number of esters is 1. The Morgan fingerprint density at radius 2 is 0.765 bits per heavy atom. The second-order valence-corrected chi connectivity index (χ2v) is 21.1. The van der Waals surface area contributed by atoms with E-state index >= 15 is 0 Å². The first-order chi connectivity index (χ1) is 39.6. The standard InChI is InChI=1S/C67H110O14/c1-3-5-7-9-11-13-15-17-19-21-23-25-27-29-31-33-35-37-39-41-43-45-47-49-51-76-53-56(54-77-66-65(75)63(73)61(71)58(81-66)55-78-67-64(74)62(72)60(70)57(52-68)80-67)79-59(69)50-48-46-44-42-40-38-36-34-32-30-28-26-24-22-20-18-16-14-12-10-8-6-4-2/h5-8,11-14,17-20,23-26,29-32,56-58,60-68,70-75H,3-4,9-10,15-16,21-22,27-28,33-55H2,1-2H3/b7-5-,8-6-,13-11-,14-12-,19-17-,20-18-,25-23-,26-24-,31-29-,32-30-. The zero-order valence-electron chi connectivity index (χ0n) is 49.7. The molecule has 0 radical (unpaired) electrons. The predicted molar refractivity (Wildman–Crippen MR) is 325 cm³/mol. The van der Waals surface area contributed by atoms with Gasteiger partial charge in [0.2, 0.25) is 0 Å². The maximum atomic E-state index is 13.1. The van der Waals surface area contributed by atoms with Crippen molar-refractivity contribution in [1.82, 2.24) is 0 Å². The Labute approximate surface area is 488 Å². The number of aliphatic hydroxyl groups is 7. The molecule has 2 saturated heterocycles. The Morgan fingerprint density at radius 1 is 0.407 bits per heavy atom. The van der Waals surface area contributed by atoms with Crippen molar-refractivity contribution in [3.8, 4) is 0 Å². The van der Waals surface area contributed by atoms with Crippen molar-refractivity contribution in [2.24, 2.45) is 0 Å². The van der Waals surface area contributed by atoms with E-state index in [0.29, 0.717) is 13.0 Å². The molecule has 14 heteroatoms. The van der Waals surface area contributed by atoms with Crippen LogP contribution in [0.4, 0.5) is 0 Å². The molecule has 0 spiro atoms. The molecule has 2 aliphatic rings. The molecule has 11 atom stereocenters. The molecule has 7 N–H and O–H groups in total. The van der Waals surface area contributed by atoms with E-state index in [-0.39, 0.29) is 19.6 Å². The number of unbranched alkanes of at least 4 members (excludes halogenated alkanes) is 15. The summed E-state index contributed by atoms with van der Waals surface area (Å²) in [6.07, 6.45) is 56.8. The van der Waals surface area contributed by atoms with Gasteiger partial charge in [0.15, 0.2) is 12.6 Å². The van der Waals surface area contributed by atoms with E-state index in [2.05, 4.69) is 135 Å². The molecule has 0 saturated carbocycles. The summed E-state index contributed by atoms with van der Waals surface area (Å²) < 4.78 is 34.4. The van der Waals surface area contributed by atoms with Crippen LogP contribution in [0, 0.1) is 0 Å². The molecule has 462 valence electrons. The van der Waals surface area contributed by atoms with E-state index in [0.717, 1.165) is 128 Å². The van der Waals surface area contributed by atoms with Gasteiger partial charge in [-0.3, -0.25) is 4.79 Å². The van der Waals surface area contributed by atoms with Crippen LogP contribution in [0.15, 0.2) is 122 Å². The fourth-order valence-electron chi connectivity index (χ4n) is 9.04. The molecule has 0 aromatic rings. The van der Waals surface area contributed by atoms with Crippen LogP contribution in [0.2, 0.25) is 0 Å². The van der Waals surface area contributed by atoms with Gasteiger partial charge in [-0.1, -0.05) is 206 Å². The van der Waals surface area contributed by atoms with Gasteiger partial charge in [-0.2, -0.15) is 0 Å². The number of ether oxygens (including phenoxy) is 6. The lowest BCUT2D eigenvalue weighted by Crippen LogP contribution is -2.61. The van der Waals surface area contributed by atoms with E-state index in [9.17, 15) is 40.5 Å². The highest BCUT2D eigenvalue weighted by atomic mass is 16.7. The number of allylic oxidation sites excluding steroid dienone is 20. The summed E-state index contributed by atoms with van der Waals surface area (Å²) in [5, 5.41) is 72.5. The Bertz CT molecular complexity index is 1800. The van der Waals surface area contributed by atoms with Crippen molar-refractivity contribution >= 4 is 5.97 Å². The van der Waals surface area contributed by atoms with E-state index in [1.54, 1.807) is 0 Å². The van der Waals surface area contributed by atoms with Crippen molar-refractivity contribution in [1.29, 1.82) is 0 Å². The molecule has 0 aromatic heterocycles. The van der Waals surface area contributed by atoms with Crippen LogP contribution in [0.1, 0.15) is 194 Å². The molecular weight excluding hydrogens is 1030 g/mol. The van der Waals surface area contributed by atoms with Gasteiger partial charge in [0.05, 0.1) is 26.4 Å². The van der Waals surface area contributed by atoms with Gasteiger partial charge in [0, 0.05) is 13.0 Å². The predicted octanol–water partition coefficient (Wildman–Crippen LogP) is 12.1. The highest BCUT2D eigenvalue weighted by Crippen LogP contribution is 2.26. The second kappa shape index (κ2) is 52.0. The number of rotatable bonds is 49. The van der Waals surface area contributed by atoms with Crippen LogP contribution < -0.4 is 0 Å². The topological polar surface area (TPSA) is 214 Å². The lowest BCUT2D eigenvalue weighted by molar-refractivity contribution is -0.332. The maximum absolute atomic E-state index is 13.1. The lowest BCUT2D eigenvalue weighted by Gasteiger charge is -2.42. The smallest absolute Gasteiger partial charge is 0.306 e. The van der Waals surface area contributed by atoms with E-state index in [1.165, 1.54) is 38.5 Å². The molecule has 2 fully saturated rings. The third-order valence-corrected chi connectivity index (χ3v) is 14.0. The average molecular weight is 1140 g/mol. The number of hydrogen-bond donors (Lipinski definition) is 7. The van der Waals surface area contributed by atoms with Crippen molar-refractivity contribution in [3.63, 3.8) is 0 Å². The summed E-state index contributed by atoms with van der Waals surface area (Å²) in [6, 6.07) is 0. The monoisotopic (exact) mass is 1140 g/mol. The van der Waals surface area contributed by atoms with Gasteiger partial charge in [-0.15, -0.1) is 0 Å². The molecule has 0 aromatic carbocycles. The average Bonchev–Trinajstić information content (AvgIpc) is 3.46. The molecule has 2 heterocycles. The van der Waals surface area contributed by atoms with Crippen molar-refractivity contribution in [2.45, 2.75) is 261 Å². The van der Waals surface area contributed by atoms with Gasteiger partial charge < -0.3 is 64.2 Å². The fourth-order valence-corrected chi connectivity index (χ4v) is 9.04. The molecule has 2 rings (SSSR count). The van der Waals surface area contributed by atoms with Gasteiger partial charge in [-0.25, -0.2) is 0 Å². The summed E-state index contributed by atoms with van der Waals surface area (Å²) in [5.74, 6) is -0.395. The zero-order chi connectivity index (χ0) is 58.6. The van der Waals surface area contributed by atoms with Crippen LogP contribution in [0.25, 0.3) is 0 Å². The Morgan fingerprint density at radius 3 is 1.20 bits per heavy atom. The molecule has 2 aliphatic heterocycles. The summed E-state index contributed by atoms with van der Waals surface area (Å²) in [6.45, 7) is 3.41. The summed E-state index contributed by atoms with van der Waals surface area (Å²) in [4.78, 5) is 13.1. The van der Waals surface area contributed by atoms with Crippen molar-refractivity contribution in [2.75, 3.05) is 33.0 Å². The highest BCUT2D eigenvalue weighted by molar-refractivity contribution is 5.69. The largest absolute Gasteiger partial charge is 0.457 e. The fraction of sp³-hybridized carbons (Fsp3) is 0.687. The zero-order valence-corrected chi connectivity index (χ0v) is 49.7. The molecule has 11 unspecified atom stereocenters. The van der Waals surface area contributed by atoms with Crippen molar-refractivity contribution < 1.29 is 69.0 Å². The lowest BCUT2D eigenvalue weighted by atomic mass is 9.98. The SMILES string of the molecule is CC/C=C\C/C=C\C/C=C\C/C=C\C/C=C\CCCCCCCCCCOCC(COC1OC(COC2OC(CO)C(O)C(O)C2O)C(O)C(O)C1O)OC(=O)CCCCCCCCC/C=C\C/C=C\C/C=C\C/C=C\C/C=C\CC. The first-order valence-corrected chi connectivity index (χ1v) is 31.1. The minimum absolute atomic E-state index is 0.0426. The quantitative estimate of drug-likeness (QED) is 0.0172. The maximum Gasteiger partial charge on any atom is 0.306 e. The van der Waals surface area contributed by atoms with Gasteiger partial charge >= 0.3 is 5.97 Å². The van der Waals surface area contributed by atoms with E-state index in [4.69, 9.17) is 28.4 Å². The Hall–Kier alpha value is -3.61. The van der Waals surface area contributed by atoms with E-state index in [1.807, 2.05) is 0 Å². The van der Waals surface area contributed by atoms with Crippen LogP contribution in [0.5, 0.6) is 0 Å². The minimum atomic E-state index is -1.72. The number of carbonyl (C=O) groups excluding carboxylic acids is 1. The number of carbonyl (C=O) groups is 1. The second-order valence-electron chi connectivity index (χ2n) is 21.1. The molecule has 0 aliphatic carbocycles. The molecule has 0 amide bonds. The molecule has 0 bridgehead atoms. The number of aliphatic hydroxyl groups excluding tert-OH is 7. The number of hydrogen-bond acceptors (Lipinski definition) is 14. The van der Waals surface area contributed by atoms with Crippen LogP contribution in [-0.4, -0.2) is 142 Å². The van der Waals surface area contributed by atoms with Crippen LogP contribution in [0.3, 0.4) is 0 Å². The van der Waals surface area contributed by atoms with Crippen molar-refractivity contribution in [3.05, 3.63) is 122 Å². The van der Waals surface area contributed by atoms with E-state index < -0.39 is 86.7 Å². The Kier molecular flexibility index (Phi) is 47.2. The summed E-state index contributed by atoms with van der Waals surface area (Å²) >= 11 is 0. The first kappa shape index (κ1) is 73.5. The van der Waals surface area contributed by atoms with Gasteiger partial charge in [-0.05, 0) is 103 Å². The minimum Gasteiger partial charge on any atom is -0.457 e. The van der Waals surface area contributed by atoms with Crippen LogP contribution >= 0.6 is 0 Å². The third kappa shape index (κ3) is 38.1. The third-order valence-electron chi connectivity index (χ3n) is 14.0. The molecule has 14 nitrogen and oxygen atoms in total. The highest BCUT2D eigenvalue weighted by Gasteiger charge is 2.47. The molecular formula is C67H110O14. The summed E-state index contributed by atoms with van der Waals surface area (Å²) in [7, 11) is 0. The normalized spacial score (nSPS) is 24.6. The van der Waals surface area contributed by atoms with Gasteiger partial charge in [0.1, 0.15) is 54.9 Å². The summed E-state index contributed by atoms with van der Waals surface area (Å²) in [5.41, 5.74) is 0. The van der Waals surface area contributed by atoms with Crippen LogP contribution in [-0.2, 0) is 33.2 Å². The molecule has 81 heavy (non-hydrogen) atoms. The first-order valence-electron chi connectivity index (χ1n) is 31.1. The van der Waals surface area contributed by atoms with Gasteiger partial charge in [0.25, 0.3) is 0 Å².